The Hall–Kier alpha value is -2.51. The summed E-state index contributed by atoms with van der Waals surface area (Å²) in [5, 5.41) is 0. The molecule has 1 aromatic heterocycles. The molecule has 3 aliphatic carbocycles. The number of fused-ring (bicyclic) bond motifs is 3. The molecule has 0 amide bonds. The summed E-state index contributed by atoms with van der Waals surface area (Å²) in [6, 6.07) is 2.28. The van der Waals surface area contributed by atoms with Crippen molar-refractivity contribution in [3.05, 3.63) is 71.3 Å². The van der Waals surface area contributed by atoms with Gasteiger partial charge in [0.1, 0.15) is 5.82 Å². The monoisotopic (exact) mass is 385 g/mol. The Morgan fingerprint density at radius 3 is 2.72 bits per heavy atom. The summed E-state index contributed by atoms with van der Waals surface area (Å²) in [6.07, 6.45) is 21.7. The molecule has 3 heteroatoms. The molecule has 3 nitrogen and oxygen atoms in total. The summed E-state index contributed by atoms with van der Waals surface area (Å²) in [4.78, 5) is 9.92. The third-order valence-electron chi connectivity index (χ3n) is 7.04. The highest BCUT2D eigenvalue weighted by Crippen LogP contribution is 2.48. The minimum Gasteiger partial charge on any atom is -0.368 e. The van der Waals surface area contributed by atoms with Crippen LogP contribution in [-0.4, -0.2) is 36.1 Å². The summed E-state index contributed by atoms with van der Waals surface area (Å²) in [5.41, 5.74) is 9.08. The van der Waals surface area contributed by atoms with Crippen LogP contribution in [0.5, 0.6) is 0 Å². The smallest absolute Gasteiger partial charge is 0.137 e. The quantitative estimate of drug-likeness (QED) is 0.631. The van der Waals surface area contributed by atoms with E-state index < -0.39 is 0 Å². The van der Waals surface area contributed by atoms with E-state index in [0.717, 1.165) is 44.9 Å². The Balaban J connectivity index is 1.39. The second-order valence-electron chi connectivity index (χ2n) is 8.72. The number of hydrogen-bond donors (Lipinski definition) is 0. The molecule has 0 radical (unpaired) electrons. The Labute approximate surface area is 174 Å². The van der Waals surface area contributed by atoms with E-state index in [-0.39, 0.29) is 0 Å². The van der Waals surface area contributed by atoms with E-state index >= 15 is 0 Å². The predicted octanol–water partition coefficient (Wildman–Crippen LogP) is 5.45. The van der Waals surface area contributed by atoms with Gasteiger partial charge < -0.3 is 9.80 Å². The normalized spacial score (nSPS) is 26.2. The van der Waals surface area contributed by atoms with E-state index in [2.05, 4.69) is 65.0 Å². The molecule has 2 fully saturated rings. The molecule has 2 heterocycles. The van der Waals surface area contributed by atoms with Crippen LogP contribution in [0.25, 0.3) is 5.57 Å². The SMILES string of the molecule is CC1=C=CCC2CCC2c2ccnc(N3CCN(C4=CCCC=CC=C4)CC3)c21. The van der Waals surface area contributed by atoms with E-state index in [9.17, 15) is 0 Å². The molecule has 0 aromatic carbocycles. The highest BCUT2D eigenvalue weighted by atomic mass is 15.3. The van der Waals surface area contributed by atoms with Gasteiger partial charge in [-0.15, -0.1) is 5.73 Å². The van der Waals surface area contributed by atoms with Gasteiger partial charge in [0.25, 0.3) is 0 Å². The summed E-state index contributed by atoms with van der Waals surface area (Å²) in [7, 11) is 0. The van der Waals surface area contributed by atoms with Crippen LogP contribution < -0.4 is 4.90 Å². The van der Waals surface area contributed by atoms with Crippen molar-refractivity contribution in [1.29, 1.82) is 0 Å². The standard InChI is InChI=1S/C26H31N3/c1-20-8-7-9-21-12-13-23(21)24-14-15-27-26(25(20)24)29-18-16-28(17-19-29)22-10-5-3-2-4-6-11-22/h2-3,5,7,10-11,14-15,21,23H,4,6,9,12-13,16-19H2,1H3. The molecule has 2 unspecified atom stereocenters. The van der Waals surface area contributed by atoms with Crippen LogP contribution in [-0.2, 0) is 0 Å². The van der Waals surface area contributed by atoms with Gasteiger partial charge in [0.15, 0.2) is 0 Å². The van der Waals surface area contributed by atoms with Crippen LogP contribution in [0.1, 0.15) is 56.1 Å². The molecule has 2 atom stereocenters. The average Bonchev–Trinajstić information content (AvgIpc) is 2.69. The molecular formula is C26H31N3. The number of pyridine rings is 1. The highest BCUT2D eigenvalue weighted by Gasteiger charge is 2.35. The van der Waals surface area contributed by atoms with Crippen LogP contribution in [0.4, 0.5) is 5.82 Å². The Morgan fingerprint density at radius 2 is 1.90 bits per heavy atom. The molecule has 150 valence electrons. The number of piperazine rings is 1. The van der Waals surface area contributed by atoms with Crippen LogP contribution in [0, 0.1) is 5.92 Å². The van der Waals surface area contributed by atoms with Crippen molar-refractivity contribution < 1.29 is 0 Å². The zero-order valence-electron chi connectivity index (χ0n) is 17.5. The third-order valence-corrected chi connectivity index (χ3v) is 7.04. The number of allylic oxidation sites excluding steroid dienone is 6. The fourth-order valence-electron chi connectivity index (χ4n) is 5.23. The maximum Gasteiger partial charge on any atom is 0.137 e. The van der Waals surface area contributed by atoms with E-state index in [0.29, 0.717) is 5.92 Å². The lowest BCUT2D eigenvalue weighted by Crippen LogP contribution is -2.46. The zero-order chi connectivity index (χ0) is 19.6. The van der Waals surface area contributed by atoms with Gasteiger partial charge in [-0.3, -0.25) is 0 Å². The van der Waals surface area contributed by atoms with Crippen LogP contribution >= 0.6 is 0 Å². The molecule has 1 saturated heterocycles. The lowest BCUT2D eigenvalue weighted by molar-refractivity contribution is 0.257. The molecule has 1 saturated carbocycles. The van der Waals surface area contributed by atoms with Crippen molar-refractivity contribution in [2.24, 2.45) is 5.92 Å². The van der Waals surface area contributed by atoms with Gasteiger partial charge in [-0.25, -0.2) is 4.98 Å². The molecule has 29 heavy (non-hydrogen) atoms. The molecule has 1 aliphatic heterocycles. The van der Waals surface area contributed by atoms with Crippen molar-refractivity contribution in [3.8, 4) is 0 Å². The van der Waals surface area contributed by atoms with E-state index in [1.165, 1.54) is 47.5 Å². The van der Waals surface area contributed by atoms with E-state index in [1.807, 2.05) is 6.20 Å². The Bertz CT molecular complexity index is 921. The molecule has 5 rings (SSSR count). The van der Waals surface area contributed by atoms with Gasteiger partial charge in [-0.05, 0) is 74.6 Å². The molecule has 0 bridgehead atoms. The number of anilines is 1. The van der Waals surface area contributed by atoms with Crippen LogP contribution in [0.3, 0.4) is 0 Å². The molecule has 0 spiro atoms. The largest absolute Gasteiger partial charge is 0.368 e. The fourth-order valence-corrected chi connectivity index (χ4v) is 5.23. The lowest BCUT2D eigenvalue weighted by Gasteiger charge is -2.41. The summed E-state index contributed by atoms with van der Waals surface area (Å²) >= 11 is 0. The third kappa shape index (κ3) is 3.60. The van der Waals surface area contributed by atoms with Crippen molar-refractivity contribution in [2.45, 2.75) is 44.9 Å². The maximum atomic E-state index is 4.88. The van der Waals surface area contributed by atoms with Crippen LogP contribution in [0.2, 0.25) is 0 Å². The number of aromatic nitrogens is 1. The first-order valence-corrected chi connectivity index (χ1v) is 11.3. The van der Waals surface area contributed by atoms with E-state index in [1.54, 1.807) is 0 Å². The van der Waals surface area contributed by atoms with Crippen molar-refractivity contribution in [1.82, 2.24) is 9.88 Å². The first-order chi connectivity index (χ1) is 14.3. The van der Waals surface area contributed by atoms with Crippen molar-refractivity contribution >= 4 is 11.4 Å². The maximum absolute atomic E-state index is 4.88. The minimum absolute atomic E-state index is 0.708. The summed E-state index contributed by atoms with van der Waals surface area (Å²) in [6.45, 7) is 6.37. The Morgan fingerprint density at radius 1 is 1.03 bits per heavy atom. The zero-order valence-corrected chi connectivity index (χ0v) is 17.5. The first kappa shape index (κ1) is 18.5. The second kappa shape index (κ2) is 8.08. The van der Waals surface area contributed by atoms with Gasteiger partial charge in [0, 0.05) is 49.2 Å². The lowest BCUT2D eigenvalue weighted by atomic mass is 9.66. The molecular weight excluding hydrogens is 354 g/mol. The van der Waals surface area contributed by atoms with Gasteiger partial charge in [0.2, 0.25) is 0 Å². The summed E-state index contributed by atoms with van der Waals surface area (Å²) in [5.74, 6) is 2.69. The topological polar surface area (TPSA) is 19.4 Å². The number of nitrogens with zero attached hydrogens (tertiary/aromatic N) is 3. The first-order valence-electron chi connectivity index (χ1n) is 11.3. The van der Waals surface area contributed by atoms with Gasteiger partial charge in [-0.1, -0.05) is 24.3 Å². The highest BCUT2D eigenvalue weighted by molar-refractivity contribution is 5.76. The minimum atomic E-state index is 0.708. The average molecular weight is 386 g/mol. The van der Waals surface area contributed by atoms with Crippen LogP contribution in [0.15, 0.2) is 60.1 Å². The molecule has 4 aliphatic rings. The van der Waals surface area contributed by atoms with Gasteiger partial charge in [-0.2, -0.15) is 0 Å². The van der Waals surface area contributed by atoms with Crippen molar-refractivity contribution in [2.75, 3.05) is 31.1 Å². The van der Waals surface area contributed by atoms with Gasteiger partial charge >= 0.3 is 0 Å². The second-order valence-corrected chi connectivity index (χ2v) is 8.72. The number of rotatable bonds is 2. The Kier molecular flexibility index (Phi) is 5.16. The summed E-state index contributed by atoms with van der Waals surface area (Å²) < 4.78 is 0. The fraction of sp³-hybridized carbons (Fsp3) is 0.462. The number of hydrogen-bond acceptors (Lipinski definition) is 3. The van der Waals surface area contributed by atoms with Crippen molar-refractivity contribution in [3.63, 3.8) is 0 Å². The molecule has 0 N–H and O–H groups in total. The molecule has 1 aromatic rings. The van der Waals surface area contributed by atoms with Gasteiger partial charge in [0.05, 0.1) is 0 Å². The predicted molar refractivity (Wildman–Crippen MR) is 121 cm³/mol. The van der Waals surface area contributed by atoms with E-state index in [4.69, 9.17) is 4.98 Å².